The highest BCUT2D eigenvalue weighted by Gasteiger charge is 2.20. The molecule has 25 heavy (non-hydrogen) atoms. The molecule has 0 bridgehead atoms. The third kappa shape index (κ3) is 5.68. The van der Waals surface area contributed by atoms with Crippen LogP contribution in [-0.4, -0.2) is 39.5 Å². The number of carboxylic acid groups (broad SMARTS) is 1. The molecule has 0 fully saturated rings. The number of hydrogen-bond acceptors (Lipinski definition) is 5. The first kappa shape index (κ1) is 20.3. The van der Waals surface area contributed by atoms with Crippen LogP contribution in [0.2, 0.25) is 0 Å². The molecule has 2 rings (SSSR count). The van der Waals surface area contributed by atoms with Crippen LogP contribution in [0.25, 0.3) is 0 Å². The number of carbonyl (C=O) groups excluding carboxylic acids is 1. The Kier molecular flexibility index (Phi) is 6.40. The Morgan fingerprint density at radius 2 is 1.36 bits per heavy atom. The molecule has 0 spiro atoms. The third-order valence-electron chi connectivity index (χ3n) is 3.35. The number of benzene rings is 2. The summed E-state index contributed by atoms with van der Waals surface area (Å²) in [5.41, 5.74) is 1.59. The van der Waals surface area contributed by atoms with Crippen molar-refractivity contribution in [1.82, 2.24) is 0 Å². The molecular weight excluding hydrogens is 352 g/mol. The molecule has 134 valence electrons. The molecule has 0 saturated heterocycles. The van der Waals surface area contributed by atoms with Crippen molar-refractivity contribution >= 4 is 22.2 Å². The number of rotatable bonds is 3. The summed E-state index contributed by atoms with van der Waals surface area (Å²) in [4.78, 5) is 23.6. The summed E-state index contributed by atoms with van der Waals surface area (Å²) in [7, 11) is -4.67. The quantitative estimate of drug-likeness (QED) is 0.476. The van der Waals surface area contributed by atoms with E-state index in [0.717, 1.165) is 5.56 Å². The largest absolute Gasteiger partial charge is 0.507 e. The molecule has 0 aliphatic rings. The van der Waals surface area contributed by atoms with Gasteiger partial charge in [-0.2, -0.15) is 8.42 Å². The van der Waals surface area contributed by atoms with Gasteiger partial charge in [-0.15, -0.1) is 0 Å². The topological polar surface area (TPSA) is 149 Å². The predicted molar refractivity (Wildman–Crippen MR) is 88.6 cm³/mol. The molecule has 0 amide bonds. The minimum Gasteiger partial charge on any atom is -0.507 e. The average molecular weight is 368 g/mol. The average Bonchev–Trinajstić information content (AvgIpc) is 2.50. The summed E-state index contributed by atoms with van der Waals surface area (Å²) >= 11 is 0. The highest BCUT2D eigenvalue weighted by Crippen LogP contribution is 2.27. The van der Waals surface area contributed by atoms with Crippen LogP contribution in [0.5, 0.6) is 5.75 Å². The minimum absolute atomic E-state index is 0.0681. The lowest BCUT2D eigenvalue weighted by atomic mass is 9.95. The molecule has 9 heteroatoms. The van der Waals surface area contributed by atoms with Crippen molar-refractivity contribution in [2.24, 2.45) is 0 Å². The second-order valence-corrected chi connectivity index (χ2v) is 5.93. The number of carboxylic acids is 1. The van der Waals surface area contributed by atoms with Gasteiger partial charge in [0.2, 0.25) is 0 Å². The Hall–Kier alpha value is -2.75. The van der Waals surface area contributed by atoms with Crippen LogP contribution in [0.1, 0.15) is 37.4 Å². The summed E-state index contributed by atoms with van der Waals surface area (Å²) in [6.07, 6.45) is 0. The molecule has 0 atom stereocenters. The van der Waals surface area contributed by atoms with Crippen molar-refractivity contribution in [1.29, 1.82) is 0 Å². The lowest BCUT2D eigenvalue weighted by Crippen LogP contribution is -2.10. The minimum atomic E-state index is -4.67. The maximum atomic E-state index is 12.4. The van der Waals surface area contributed by atoms with Crippen molar-refractivity contribution in [3.63, 3.8) is 0 Å². The van der Waals surface area contributed by atoms with Crippen molar-refractivity contribution in [2.45, 2.75) is 13.8 Å². The molecule has 2 aromatic rings. The number of phenolic OH excluding ortho intramolecular Hbond substituents is 1. The van der Waals surface area contributed by atoms with Gasteiger partial charge in [0.05, 0.1) is 11.1 Å². The van der Waals surface area contributed by atoms with Crippen molar-refractivity contribution in [3.8, 4) is 5.75 Å². The van der Waals surface area contributed by atoms with Gasteiger partial charge in [-0.3, -0.25) is 13.9 Å². The molecule has 0 radical (unpaired) electrons. The van der Waals surface area contributed by atoms with Gasteiger partial charge in [0.1, 0.15) is 5.75 Å². The van der Waals surface area contributed by atoms with Crippen LogP contribution in [0.15, 0.2) is 36.4 Å². The van der Waals surface area contributed by atoms with Crippen LogP contribution in [0.3, 0.4) is 0 Å². The monoisotopic (exact) mass is 368 g/mol. The molecule has 0 aliphatic carbocycles. The third-order valence-corrected chi connectivity index (χ3v) is 3.35. The maximum absolute atomic E-state index is 12.4. The first-order valence-electron chi connectivity index (χ1n) is 6.79. The number of hydrogen-bond donors (Lipinski definition) is 4. The van der Waals surface area contributed by atoms with Gasteiger partial charge < -0.3 is 10.2 Å². The second-order valence-electron chi connectivity index (χ2n) is 5.03. The number of aromatic carboxylic acids is 1. The van der Waals surface area contributed by atoms with Gasteiger partial charge in [0.15, 0.2) is 5.78 Å². The molecule has 0 unspecified atom stereocenters. The standard InChI is InChI=1S/C16H14O4.H2O4S/c1-9-7-8-13(14(17)10(9)2)15(18)11-5-3-4-6-12(11)16(19)20;1-5(2,3)4/h3-8,17H,1-2H3,(H,19,20);(H2,1,2,3,4). The molecular formula is C16H16O8S. The van der Waals surface area contributed by atoms with Crippen LogP contribution < -0.4 is 0 Å². The fourth-order valence-corrected chi connectivity index (χ4v) is 2.00. The Balaban J connectivity index is 0.000000550. The first-order chi connectivity index (χ1) is 11.4. The Bertz CT molecular complexity index is 908. The molecule has 4 N–H and O–H groups in total. The number of carbonyl (C=O) groups is 2. The van der Waals surface area contributed by atoms with E-state index in [4.69, 9.17) is 22.6 Å². The van der Waals surface area contributed by atoms with E-state index in [9.17, 15) is 14.7 Å². The van der Waals surface area contributed by atoms with E-state index in [2.05, 4.69) is 0 Å². The first-order valence-corrected chi connectivity index (χ1v) is 8.19. The summed E-state index contributed by atoms with van der Waals surface area (Å²) in [5.74, 6) is -1.77. The Morgan fingerprint density at radius 3 is 1.84 bits per heavy atom. The van der Waals surface area contributed by atoms with E-state index in [1.54, 1.807) is 25.1 Å². The van der Waals surface area contributed by atoms with Gasteiger partial charge >= 0.3 is 16.4 Å². The molecule has 0 heterocycles. The van der Waals surface area contributed by atoms with Gasteiger partial charge in [-0.1, -0.05) is 24.3 Å². The molecule has 0 aliphatic heterocycles. The summed E-state index contributed by atoms with van der Waals surface area (Å²) < 4.78 is 31.6. The second kappa shape index (κ2) is 7.88. The zero-order valence-electron chi connectivity index (χ0n) is 13.3. The van der Waals surface area contributed by atoms with Crippen LogP contribution >= 0.6 is 0 Å². The van der Waals surface area contributed by atoms with E-state index in [1.807, 2.05) is 6.92 Å². The maximum Gasteiger partial charge on any atom is 0.394 e. The zero-order valence-corrected chi connectivity index (χ0v) is 14.1. The highest BCUT2D eigenvalue weighted by molar-refractivity contribution is 7.79. The van der Waals surface area contributed by atoms with Gasteiger partial charge in [0.25, 0.3) is 0 Å². The number of ketones is 1. The normalized spacial score (nSPS) is 10.6. The van der Waals surface area contributed by atoms with Crippen LogP contribution in [0, 0.1) is 13.8 Å². The summed E-state index contributed by atoms with van der Waals surface area (Å²) in [5, 5.41) is 19.2. The van der Waals surface area contributed by atoms with E-state index < -0.39 is 22.2 Å². The van der Waals surface area contributed by atoms with E-state index in [1.165, 1.54) is 18.2 Å². The number of aryl methyl sites for hydroxylation is 1. The predicted octanol–water partition coefficient (Wildman–Crippen LogP) is 2.29. The van der Waals surface area contributed by atoms with Crippen LogP contribution in [-0.2, 0) is 10.4 Å². The summed E-state index contributed by atoms with van der Waals surface area (Å²) in [6, 6.07) is 9.20. The van der Waals surface area contributed by atoms with E-state index in [-0.39, 0.29) is 22.4 Å². The fraction of sp³-hybridized carbons (Fsp3) is 0.125. The number of aromatic hydroxyl groups is 1. The Morgan fingerprint density at radius 1 is 0.880 bits per heavy atom. The molecule has 8 nitrogen and oxygen atoms in total. The van der Waals surface area contributed by atoms with Crippen LogP contribution in [0.4, 0.5) is 0 Å². The zero-order chi connectivity index (χ0) is 19.4. The van der Waals surface area contributed by atoms with Crippen molar-refractivity contribution < 1.29 is 37.3 Å². The number of phenols is 1. The lowest BCUT2D eigenvalue weighted by molar-refractivity contribution is 0.0692. The molecule has 2 aromatic carbocycles. The smallest absolute Gasteiger partial charge is 0.394 e. The molecule has 0 aromatic heterocycles. The molecule has 0 saturated carbocycles. The SMILES string of the molecule is Cc1ccc(C(=O)c2ccccc2C(=O)O)c(O)c1C.O=S(=O)(O)O. The van der Waals surface area contributed by atoms with E-state index in [0.29, 0.717) is 5.56 Å². The van der Waals surface area contributed by atoms with Crippen molar-refractivity contribution in [2.75, 3.05) is 0 Å². The lowest BCUT2D eigenvalue weighted by Gasteiger charge is -2.10. The van der Waals surface area contributed by atoms with E-state index >= 15 is 0 Å². The Labute approximate surface area is 143 Å². The van der Waals surface area contributed by atoms with Gasteiger partial charge in [0, 0.05) is 5.56 Å². The van der Waals surface area contributed by atoms with Gasteiger partial charge in [-0.25, -0.2) is 4.79 Å². The summed E-state index contributed by atoms with van der Waals surface area (Å²) in [6.45, 7) is 3.54. The van der Waals surface area contributed by atoms with Gasteiger partial charge in [-0.05, 0) is 37.1 Å². The fourth-order valence-electron chi connectivity index (χ4n) is 2.00. The highest BCUT2D eigenvalue weighted by atomic mass is 32.3. The van der Waals surface area contributed by atoms with Crippen molar-refractivity contribution in [3.05, 3.63) is 64.2 Å².